The Labute approximate surface area is 107 Å². The first-order chi connectivity index (χ1) is 8.70. The molecular weight excluding hydrogens is 228 g/mol. The fourth-order valence-corrected chi connectivity index (χ4v) is 1.70. The molecule has 0 unspecified atom stereocenters. The van der Waals surface area contributed by atoms with Crippen molar-refractivity contribution in [3.8, 4) is 17.2 Å². The zero-order valence-electron chi connectivity index (χ0n) is 10.5. The van der Waals surface area contributed by atoms with Crippen LogP contribution in [0.2, 0.25) is 0 Å². The zero-order valence-corrected chi connectivity index (χ0v) is 10.5. The molecule has 3 heteroatoms. The number of rotatable bonds is 4. The van der Waals surface area contributed by atoms with Gasteiger partial charge in [0.1, 0.15) is 12.4 Å². The third-order valence-electron chi connectivity index (χ3n) is 2.73. The predicted octanol–water partition coefficient (Wildman–Crippen LogP) is 3.29. The fraction of sp³-hybridized carbons (Fsp3) is 0.200. The van der Waals surface area contributed by atoms with E-state index in [4.69, 9.17) is 9.47 Å². The molecule has 0 radical (unpaired) electrons. The second-order valence-corrected chi connectivity index (χ2v) is 4.06. The van der Waals surface area contributed by atoms with E-state index in [1.807, 2.05) is 37.3 Å². The summed E-state index contributed by atoms with van der Waals surface area (Å²) < 4.78 is 10.7. The Kier molecular flexibility index (Phi) is 3.72. The first kappa shape index (κ1) is 12.3. The maximum Gasteiger partial charge on any atom is 0.160 e. The number of hydrogen-bond acceptors (Lipinski definition) is 3. The fourth-order valence-electron chi connectivity index (χ4n) is 1.70. The lowest BCUT2D eigenvalue weighted by molar-refractivity contribution is 0.302. The molecule has 2 rings (SSSR count). The number of hydrogen-bond donors (Lipinski definition) is 1. The van der Waals surface area contributed by atoms with Gasteiger partial charge >= 0.3 is 0 Å². The topological polar surface area (TPSA) is 38.7 Å². The molecule has 18 heavy (non-hydrogen) atoms. The first-order valence-electron chi connectivity index (χ1n) is 5.75. The lowest BCUT2D eigenvalue weighted by Crippen LogP contribution is -1.97. The molecule has 0 amide bonds. The molecule has 3 nitrogen and oxygen atoms in total. The molecule has 0 aliphatic heterocycles. The van der Waals surface area contributed by atoms with Gasteiger partial charge in [-0.1, -0.05) is 24.3 Å². The molecule has 0 bridgehead atoms. The first-order valence-corrected chi connectivity index (χ1v) is 5.75. The number of methoxy groups -OCH3 is 1. The molecule has 0 saturated heterocycles. The second kappa shape index (κ2) is 5.45. The van der Waals surface area contributed by atoms with Crippen LogP contribution in [0.5, 0.6) is 17.2 Å². The standard InChI is InChI=1S/C15H16O3/c1-11-5-3-4-6-14(11)18-10-12-7-8-15(17-2)13(16)9-12/h3-9,16H,10H2,1-2H3. The molecule has 0 heterocycles. The van der Waals surface area contributed by atoms with Gasteiger partial charge < -0.3 is 14.6 Å². The Hall–Kier alpha value is -2.16. The van der Waals surface area contributed by atoms with Gasteiger partial charge in [-0.15, -0.1) is 0 Å². The highest BCUT2D eigenvalue weighted by Gasteiger charge is 2.04. The molecule has 94 valence electrons. The number of ether oxygens (including phenoxy) is 2. The van der Waals surface area contributed by atoms with Crippen LogP contribution in [0, 0.1) is 6.92 Å². The summed E-state index contributed by atoms with van der Waals surface area (Å²) in [5.41, 5.74) is 1.99. The molecule has 1 N–H and O–H groups in total. The van der Waals surface area contributed by atoms with Crippen molar-refractivity contribution in [3.05, 3.63) is 53.6 Å². The van der Waals surface area contributed by atoms with Crippen molar-refractivity contribution < 1.29 is 14.6 Å². The van der Waals surface area contributed by atoms with Crippen LogP contribution in [-0.4, -0.2) is 12.2 Å². The SMILES string of the molecule is COc1ccc(COc2ccccc2C)cc1O. The maximum atomic E-state index is 9.66. The second-order valence-electron chi connectivity index (χ2n) is 4.06. The molecule has 2 aromatic rings. The van der Waals surface area contributed by atoms with Gasteiger partial charge in [-0.05, 0) is 36.2 Å². The minimum atomic E-state index is 0.128. The summed E-state index contributed by atoms with van der Waals surface area (Å²) in [6.07, 6.45) is 0. The number of para-hydroxylation sites is 1. The van der Waals surface area contributed by atoms with Crippen molar-refractivity contribution in [2.45, 2.75) is 13.5 Å². The molecule has 0 spiro atoms. The third kappa shape index (κ3) is 2.74. The highest BCUT2D eigenvalue weighted by atomic mass is 16.5. The summed E-state index contributed by atoms with van der Waals surface area (Å²) >= 11 is 0. The lowest BCUT2D eigenvalue weighted by atomic mass is 10.2. The predicted molar refractivity (Wildman–Crippen MR) is 70.2 cm³/mol. The molecule has 0 aliphatic rings. The molecular formula is C15H16O3. The molecule has 2 aromatic carbocycles. The van der Waals surface area contributed by atoms with Crippen LogP contribution < -0.4 is 9.47 Å². The Balaban J connectivity index is 2.07. The summed E-state index contributed by atoms with van der Waals surface area (Å²) in [5, 5.41) is 9.66. The summed E-state index contributed by atoms with van der Waals surface area (Å²) in [6, 6.07) is 13.1. The number of benzene rings is 2. The van der Waals surface area contributed by atoms with E-state index < -0.39 is 0 Å². The van der Waals surface area contributed by atoms with Gasteiger partial charge in [-0.3, -0.25) is 0 Å². The van der Waals surface area contributed by atoms with E-state index in [0.717, 1.165) is 16.9 Å². The minimum absolute atomic E-state index is 0.128. The summed E-state index contributed by atoms with van der Waals surface area (Å²) in [5.74, 6) is 1.45. The van der Waals surface area contributed by atoms with Gasteiger partial charge in [0.15, 0.2) is 11.5 Å². The van der Waals surface area contributed by atoms with Gasteiger partial charge in [0.25, 0.3) is 0 Å². The Bertz CT molecular complexity index is 535. The van der Waals surface area contributed by atoms with Crippen LogP contribution >= 0.6 is 0 Å². The third-order valence-corrected chi connectivity index (χ3v) is 2.73. The largest absolute Gasteiger partial charge is 0.504 e. The van der Waals surface area contributed by atoms with Crippen molar-refractivity contribution in [3.63, 3.8) is 0 Å². The highest BCUT2D eigenvalue weighted by molar-refractivity contribution is 5.41. The van der Waals surface area contributed by atoms with Crippen molar-refractivity contribution >= 4 is 0 Å². The molecule has 0 fully saturated rings. The molecule has 0 aromatic heterocycles. The maximum absolute atomic E-state index is 9.66. The van der Waals surface area contributed by atoms with Crippen LogP contribution in [0.1, 0.15) is 11.1 Å². The zero-order chi connectivity index (χ0) is 13.0. The van der Waals surface area contributed by atoms with Crippen molar-refractivity contribution in [2.24, 2.45) is 0 Å². The quantitative estimate of drug-likeness (QED) is 0.897. The normalized spacial score (nSPS) is 10.1. The Morgan fingerprint density at radius 3 is 2.50 bits per heavy atom. The van der Waals surface area contributed by atoms with Crippen molar-refractivity contribution in [1.29, 1.82) is 0 Å². The number of aromatic hydroxyl groups is 1. The highest BCUT2D eigenvalue weighted by Crippen LogP contribution is 2.27. The van der Waals surface area contributed by atoms with Gasteiger partial charge in [-0.2, -0.15) is 0 Å². The number of aryl methyl sites for hydroxylation is 1. The van der Waals surface area contributed by atoms with E-state index in [1.165, 1.54) is 7.11 Å². The van der Waals surface area contributed by atoms with Crippen LogP contribution in [-0.2, 0) is 6.61 Å². The summed E-state index contributed by atoms with van der Waals surface area (Å²) in [6.45, 7) is 2.42. The van der Waals surface area contributed by atoms with Gasteiger partial charge in [0.05, 0.1) is 7.11 Å². The number of phenols is 1. The Morgan fingerprint density at radius 2 is 1.83 bits per heavy atom. The van der Waals surface area contributed by atoms with Crippen molar-refractivity contribution in [2.75, 3.05) is 7.11 Å². The molecule has 0 saturated carbocycles. The van der Waals surface area contributed by atoms with Crippen LogP contribution in [0.15, 0.2) is 42.5 Å². The van der Waals surface area contributed by atoms with Crippen LogP contribution in [0.25, 0.3) is 0 Å². The van der Waals surface area contributed by atoms with E-state index in [1.54, 1.807) is 12.1 Å². The summed E-state index contributed by atoms with van der Waals surface area (Å²) in [7, 11) is 1.53. The van der Waals surface area contributed by atoms with Gasteiger partial charge in [-0.25, -0.2) is 0 Å². The van der Waals surface area contributed by atoms with Crippen LogP contribution in [0.3, 0.4) is 0 Å². The minimum Gasteiger partial charge on any atom is -0.504 e. The average molecular weight is 244 g/mol. The van der Waals surface area contributed by atoms with Gasteiger partial charge in [0.2, 0.25) is 0 Å². The lowest BCUT2D eigenvalue weighted by Gasteiger charge is -2.10. The molecule has 0 aliphatic carbocycles. The average Bonchev–Trinajstić information content (AvgIpc) is 2.38. The molecule has 0 atom stereocenters. The van der Waals surface area contributed by atoms with E-state index in [2.05, 4.69) is 0 Å². The summed E-state index contributed by atoms with van der Waals surface area (Å²) in [4.78, 5) is 0. The van der Waals surface area contributed by atoms with Crippen LogP contribution in [0.4, 0.5) is 0 Å². The smallest absolute Gasteiger partial charge is 0.160 e. The van der Waals surface area contributed by atoms with Gasteiger partial charge in [0, 0.05) is 0 Å². The number of phenolic OH excluding ortho intramolecular Hbond substituents is 1. The van der Waals surface area contributed by atoms with E-state index in [-0.39, 0.29) is 5.75 Å². The van der Waals surface area contributed by atoms with E-state index in [9.17, 15) is 5.11 Å². The van der Waals surface area contributed by atoms with Crippen molar-refractivity contribution in [1.82, 2.24) is 0 Å². The monoisotopic (exact) mass is 244 g/mol. The Morgan fingerprint density at radius 1 is 1.06 bits per heavy atom. The van der Waals surface area contributed by atoms with E-state index >= 15 is 0 Å². The van der Waals surface area contributed by atoms with E-state index in [0.29, 0.717) is 12.4 Å².